The van der Waals surface area contributed by atoms with Gasteiger partial charge in [0.15, 0.2) is 5.13 Å². The van der Waals surface area contributed by atoms with E-state index in [-0.39, 0.29) is 17.7 Å². The zero-order chi connectivity index (χ0) is 17.8. The number of hydrogen-bond donors (Lipinski definition) is 2. The highest BCUT2D eigenvalue weighted by molar-refractivity contribution is 7.22. The summed E-state index contributed by atoms with van der Waals surface area (Å²) in [7, 11) is 0. The minimum Gasteiger partial charge on any atom is -0.325 e. The number of carbonyl (C=O) groups is 2. The van der Waals surface area contributed by atoms with Gasteiger partial charge in [-0.2, -0.15) is 0 Å². The normalized spacial score (nSPS) is 11.9. The van der Waals surface area contributed by atoms with E-state index in [0.717, 1.165) is 22.2 Å². The molecule has 2 amide bonds. The standard InChI is InChI=1S/C19H19N3O2S/c1-3-15(13-7-5-4-6-8-13)18(24)21-14-9-10-17-16(11-14)22-19(25-17)20-12(2)23/h4-11,15H,3H2,1-2H3,(H,21,24)(H,20,22,23)/t15-/m0/s1. The van der Waals surface area contributed by atoms with Crippen LogP contribution >= 0.6 is 11.3 Å². The van der Waals surface area contributed by atoms with Crippen molar-refractivity contribution in [2.75, 3.05) is 10.6 Å². The topological polar surface area (TPSA) is 71.1 Å². The van der Waals surface area contributed by atoms with E-state index in [1.165, 1.54) is 18.3 Å². The van der Waals surface area contributed by atoms with Crippen LogP contribution in [0.15, 0.2) is 48.5 Å². The average molecular weight is 353 g/mol. The number of hydrogen-bond acceptors (Lipinski definition) is 4. The fraction of sp³-hybridized carbons (Fsp3) is 0.211. The SMILES string of the molecule is CC[C@H](C(=O)Nc1ccc2sc(NC(C)=O)nc2c1)c1ccccc1. The Bertz CT molecular complexity index is 905. The second-order valence-corrected chi connectivity index (χ2v) is 6.77. The lowest BCUT2D eigenvalue weighted by Crippen LogP contribution is -2.20. The maximum absolute atomic E-state index is 12.6. The van der Waals surface area contributed by atoms with Crippen LogP contribution in [0.1, 0.15) is 31.7 Å². The van der Waals surface area contributed by atoms with E-state index in [2.05, 4.69) is 15.6 Å². The lowest BCUT2D eigenvalue weighted by Gasteiger charge is -2.15. The Morgan fingerprint density at radius 3 is 2.56 bits per heavy atom. The number of rotatable bonds is 5. The summed E-state index contributed by atoms with van der Waals surface area (Å²) in [6, 6.07) is 15.3. The molecule has 3 aromatic rings. The highest BCUT2D eigenvalue weighted by Gasteiger charge is 2.18. The average Bonchev–Trinajstić information content (AvgIpc) is 2.97. The first-order chi connectivity index (χ1) is 12.1. The van der Waals surface area contributed by atoms with E-state index >= 15 is 0 Å². The molecule has 0 saturated carbocycles. The molecule has 0 aliphatic rings. The molecule has 6 heteroatoms. The van der Waals surface area contributed by atoms with Gasteiger partial charge in [-0.15, -0.1) is 0 Å². The van der Waals surface area contributed by atoms with Crippen LogP contribution in [0.25, 0.3) is 10.2 Å². The van der Waals surface area contributed by atoms with E-state index < -0.39 is 0 Å². The Morgan fingerprint density at radius 2 is 1.88 bits per heavy atom. The fourth-order valence-corrected chi connectivity index (χ4v) is 3.59. The lowest BCUT2D eigenvalue weighted by molar-refractivity contribution is -0.117. The van der Waals surface area contributed by atoms with Crippen LogP contribution in [0.2, 0.25) is 0 Å². The Labute approximate surface area is 150 Å². The van der Waals surface area contributed by atoms with Crippen molar-refractivity contribution in [1.82, 2.24) is 4.98 Å². The molecule has 0 radical (unpaired) electrons. The van der Waals surface area contributed by atoms with Gasteiger partial charge in [0.25, 0.3) is 0 Å². The second-order valence-electron chi connectivity index (χ2n) is 5.74. The molecule has 1 atom stereocenters. The Kier molecular flexibility index (Phi) is 5.09. The van der Waals surface area contributed by atoms with Gasteiger partial charge in [-0.1, -0.05) is 48.6 Å². The van der Waals surface area contributed by atoms with Gasteiger partial charge >= 0.3 is 0 Å². The van der Waals surface area contributed by atoms with Gasteiger partial charge in [0, 0.05) is 12.6 Å². The van der Waals surface area contributed by atoms with E-state index in [9.17, 15) is 9.59 Å². The predicted octanol–water partition coefficient (Wildman–Crippen LogP) is 4.39. The van der Waals surface area contributed by atoms with E-state index in [1.54, 1.807) is 0 Å². The Morgan fingerprint density at radius 1 is 1.12 bits per heavy atom. The van der Waals surface area contributed by atoms with Crippen LogP contribution in [0.5, 0.6) is 0 Å². The van der Waals surface area contributed by atoms with E-state index in [1.807, 2.05) is 55.5 Å². The van der Waals surface area contributed by atoms with Gasteiger partial charge in [-0.25, -0.2) is 4.98 Å². The van der Waals surface area contributed by atoms with Gasteiger partial charge in [0.2, 0.25) is 11.8 Å². The van der Waals surface area contributed by atoms with Gasteiger partial charge in [0.1, 0.15) is 0 Å². The van der Waals surface area contributed by atoms with Crippen LogP contribution in [-0.2, 0) is 9.59 Å². The minimum atomic E-state index is -0.192. The first-order valence-electron chi connectivity index (χ1n) is 8.11. The van der Waals surface area contributed by atoms with E-state index in [0.29, 0.717) is 10.8 Å². The predicted molar refractivity (Wildman–Crippen MR) is 102 cm³/mol. The van der Waals surface area contributed by atoms with Crippen molar-refractivity contribution in [3.05, 3.63) is 54.1 Å². The largest absolute Gasteiger partial charge is 0.325 e. The summed E-state index contributed by atoms with van der Waals surface area (Å²) in [5, 5.41) is 6.21. The third-order valence-electron chi connectivity index (χ3n) is 3.86. The summed E-state index contributed by atoms with van der Waals surface area (Å²) in [5.74, 6) is -0.381. The fourth-order valence-electron chi connectivity index (χ4n) is 2.70. The molecule has 2 N–H and O–H groups in total. The van der Waals surface area contributed by atoms with E-state index in [4.69, 9.17) is 0 Å². The summed E-state index contributed by atoms with van der Waals surface area (Å²) in [6.45, 7) is 3.45. The van der Waals surface area contributed by atoms with Gasteiger partial charge < -0.3 is 10.6 Å². The van der Waals surface area contributed by atoms with Crippen LogP contribution < -0.4 is 10.6 Å². The lowest BCUT2D eigenvalue weighted by atomic mass is 9.95. The maximum atomic E-state index is 12.6. The number of amides is 2. The smallest absolute Gasteiger partial charge is 0.231 e. The number of nitrogens with zero attached hydrogens (tertiary/aromatic N) is 1. The van der Waals surface area contributed by atoms with Crippen molar-refractivity contribution >= 4 is 44.2 Å². The van der Waals surface area contributed by atoms with Crippen LogP contribution in [0.3, 0.4) is 0 Å². The summed E-state index contributed by atoms with van der Waals surface area (Å²) < 4.78 is 0.955. The molecule has 0 saturated heterocycles. The van der Waals surface area contributed by atoms with Crippen molar-refractivity contribution in [2.45, 2.75) is 26.2 Å². The third-order valence-corrected chi connectivity index (χ3v) is 4.82. The Hall–Kier alpha value is -2.73. The number of aromatic nitrogens is 1. The third kappa shape index (κ3) is 4.03. The maximum Gasteiger partial charge on any atom is 0.231 e. The molecule has 128 valence electrons. The van der Waals surface area contributed by atoms with Crippen LogP contribution in [0, 0.1) is 0 Å². The summed E-state index contributed by atoms with van der Waals surface area (Å²) in [5.41, 5.74) is 2.45. The second kappa shape index (κ2) is 7.44. The molecule has 1 aromatic heterocycles. The van der Waals surface area contributed by atoms with Crippen molar-refractivity contribution in [3.63, 3.8) is 0 Å². The number of anilines is 2. The highest BCUT2D eigenvalue weighted by Crippen LogP contribution is 2.29. The monoisotopic (exact) mass is 353 g/mol. The summed E-state index contributed by atoms with van der Waals surface area (Å²) >= 11 is 1.41. The van der Waals surface area contributed by atoms with Crippen molar-refractivity contribution < 1.29 is 9.59 Å². The Balaban J connectivity index is 1.79. The van der Waals surface area contributed by atoms with Gasteiger partial charge in [-0.3, -0.25) is 9.59 Å². The molecular formula is C19H19N3O2S. The number of benzene rings is 2. The summed E-state index contributed by atoms with van der Waals surface area (Å²) in [6.07, 6.45) is 0.724. The minimum absolute atomic E-state index is 0.0367. The molecule has 0 aliphatic heterocycles. The quantitative estimate of drug-likeness (QED) is 0.715. The van der Waals surface area contributed by atoms with Gasteiger partial charge in [-0.05, 0) is 30.2 Å². The zero-order valence-electron chi connectivity index (χ0n) is 14.1. The summed E-state index contributed by atoms with van der Waals surface area (Å²) in [4.78, 5) is 28.2. The zero-order valence-corrected chi connectivity index (χ0v) is 14.9. The molecular weight excluding hydrogens is 334 g/mol. The van der Waals surface area contributed by atoms with Crippen LogP contribution in [-0.4, -0.2) is 16.8 Å². The van der Waals surface area contributed by atoms with Crippen molar-refractivity contribution in [1.29, 1.82) is 0 Å². The molecule has 25 heavy (non-hydrogen) atoms. The molecule has 5 nitrogen and oxygen atoms in total. The first-order valence-corrected chi connectivity index (χ1v) is 8.92. The molecule has 2 aromatic carbocycles. The molecule has 1 heterocycles. The number of thiazole rings is 1. The highest BCUT2D eigenvalue weighted by atomic mass is 32.1. The number of nitrogens with one attached hydrogen (secondary N) is 2. The molecule has 0 spiro atoms. The first kappa shape index (κ1) is 17.1. The van der Waals surface area contributed by atoms with Crippen LogP contribution in [0.4, 0.5) is 10.8 Å². The molecule has 0 unspecified atom stereocenters. The molecule has 0 aliphatic carbocycles. The molecule has 0 bridgehead atoms. The number of carbonyl (C=O) groups excluding carboxylic acids is 2. The van der Waals surface area contributed by atoms with Crippen molar-refractivity contribution in [3.8, 4) is 0 Å². The molecule has 3 rings (SSSR count). The van der Waals surface area contributed by atoms with Gasteiger partial charge in [0.05, 0.1) is 16.1 Å². The number of fused-ring (bicyclic) bond motifs is 1. The molecule has 0 fully saturated rings. The van der Waals surface area contributed by atoms with Crippen molar-refractivity contribution in [2.24, 2.45) is 0 Å².